The van der Waals surface area contributed by atoms with Crippen molar-refractivity contribution in [2.24, 2.45) is 0 Å². The molecular formula is C17H20O6. The maximum atomic E-state index is 12.0. The molecule has 6 nitrogen and oxygen atoms in total. The van der Waals surface area contributed by atoms with Gasteiger partial charge in [-0.25, -0.2) is 9.59 Å². The third kappa shape index (κ3) is 4.91. The molecule has 0 bridgehead atoms. The first-order valence-corrected chi connectivity index (χ1v) is 7.23. The fourth-order valence-electron chi connectivity index (χ4n) is 1.95. The monoisotopic (exact) mass is 320 g/mol. The van der Waals surface area contributed by atoms with Crippen LogP contribution in [0.3, 0.4) is 0 Å². The van der Waals surface area contributed by atoms with Crippen LogP contribution in [-0.2, 0) is 19.0 Å². The van der Waals surface area contributed by atoms with Gasteiger partial charge in [-0.05, 0) is 45.0 Å². The summed E-state index contributed by atoms with van der Waals surface area (Å²) in [4.78, 5) is 23.4. The van der Waals surface area contributed by atoms with Crippen LogP contribution in [0.25, 0.3) is 0 Å². The van der Waals surface area contributed by atoms with Crippen LogP contribution in [0.15, 0.2) is 36.4 Å². The average Bonchev–Trinajstić information content (AvgIpc) is 2.84. The molecule has 1 unspecified atom stereocenters. The van der Waals surface area contributed by atoms with Crippen molar-refractivity contribution in [1.29, 1.82) is 0 Å². The quantitative estimate of drug-likeness (QED) is 0.471. The Morgan fingerprint density at radius 1 is 1.30 bits per heavy atom. The smallest absolute Gasteiger partial charge is 0.338 e. The van der Waals surface area contributed by atoms with Crippen molar-refractivity contribution in [3.8, 4) is 5.75 Å². The van der Waals surface area contributed by atoms with Gasteiger partial charge in [-0.2, -0.15) is 0 Å². The van der Waals surface area contributed by atoms with Crippen LogP contribution in [0.2, 0.25) is 0 Å². The van der Waals surface area contributed by atoms with Gasteiger partial charge >= 0.3 is 11.9 Å². The first kappa shape index (κ1) is 17.2. The van der Waals surface area contributed by atoms with Crippen molar-refractivity contribution in [1.82, 2.24) is 0 Å². The number of esters is 2. The Hall–Kier alpha value is -2.18. The van der Waals surface area contributed by atoms with E-state index in [9.17, 15) is 9.59 Å². The van der Waals surface area contributed by atoms with E-state index in [1.807, 2.05) is 0 Å². The number of hydrogen-bond donors (Lipinski definition) is 0. The van der Waals surface area contributed by atoms with Crippen LogP contribution in [0.4, 0.5) is 0 Å². The molecule has 1 heterocycles. The molecule has 0 radical (unpaired) electrons. The Morgan fingerprint density at radius 2 is 1.96 bits per heavy atom. The number of benzene rings is 1. The molecule has 0 amide bonds. The van der Waals surface area contributed by atoms with E-state index in [1.165, 1.54) is 24.3 Å². The van der Waals surface area contributed by atoms with E-state index in [-0.39, 0.29) is 12.7 Å². The van der Waals surface area contributed by atoms with E-state index >= 15 is 0 Å². The minimum atomic E-state index is -0.647. The van der Waals surface area contributed by atoms with E-state index in [4.69, 9.17) is 18.9 Å². The van der Waals surface area contributed by atoms with Crippen molar-refractivity contribution in [2.75, 3.05) is 13.2 Å². The molecule has 1 aliphatic rings. The second-order valence-corrected chi connectivity index (χ2v) is 5.74. The van der Waals surface area contributed by atoms with E-state index in [0.717, 1.165) is 0 Å². The average molecular weight is 320 g/mol. The second-order valence-electron chi connectivity index (χ2n) is 5.74. The molecule has 0 spiro atoms. The number of carbonyl (C=O) groups is 2. The number of rotatable bonds is 5. The van der Waals surface area contributed by atoms with Gasteiger partial charge in [-0.1, -0.05) is 6.58 Å². The van der Waals surface area contributed by atoms with Crippen LogP contribution in [0.1, 0.15) is 31.1 Å². The van der Waals surface area contributed by atoms with E-state index in [2.05, 4.69) is 6.58 Å². The van der Waals surface area contributed by atoms with E-state index in [0.29, 0.717) is 23.5 Å². The molecular weight excluding hydrogens is 300 g/mol. The Bertz CT molecular complexity index is 602. The van der Waals surface area contributed by atoms with Crippen LogP contribution in [0, 0.1) is 0 Å². The zero-order chi connectivity index (χ0) is 17.0. The van der Waals surface area contributed by atoms with Gasteiger partial charge < -0.3 is 18.9 Å². The summed E-state index contributed by atoms with van der Waals surface area (Å²) in [5, 5.41) is 0. The summed E-state index contributed by atoms with van der Waals surface area (Å²) in [5.41, 5.74) is 0.661. The summed E-state index contributed by atoms with van der Waals surface area (Å²) >= 11 is 0. The van der Waals surface area contributed by atoms with Crippen LogP contribution in [0.5, 0.6) is 5.75 Å². The summed E-state index contributed by atoms with van der Waals surface area (Å²) in [5.74, 6) is -1.30. The lowest BCUT2D eigenvalue weighted by molar-refractivity contribution is -0.142. The van der Waals surface area contributed by atoms with Gasteiger partial charge in [0.05, 0.1) is 12.2 Å². The molecule has 1 aromatic carbocycles. The van der Waals surface area contributed by atoms with Crippen molar-refractivity contribution in [3.63, 3.8) is 0 Å². The molecule has 2 rings (SSSR count). The third-order valence-electron chi connectivity index (χ3n) is 3.12. The highest BCUT2D eigenvalue weighted by Crippen LogP contribution is 2.22. The Morgan fingerprint density at radius 3 is 2.48 bits per heavy atom. The van der Waals surface area contributed by atoms with Crippen molar-refractivity contribution in [3.05, 3.63) is 42.0 Å². The lowest BCUT2D eigenvalue weighted by Gasteiger charge is -2.17. The molecule has 6 heteroatoms. The summed E-state index contributed by atoms with van der Waals surface area (Å²) in [7, 11) is 0. The lowest BCUT2D eigenvalue weighted by atomic mass is 10.2. The lowest BCUT2D eigenvalue weighted by Crippen LogP contribution is -2.25. The molecule has 1 saturated heterocycles. The van der Waals surface area contributed by atoms with Crippen molar-refractivity contribution >= 4 is 11.9 Å². The zero-order valence-electron chi connectivity index (χ0n) is 13.5. The summed E-state index contributed by atoms with van der Waals surface area (Å²) in [6.45, 7) is 9.17. The Kier molecular flexibility index (Phi) is 5.18. The first-order valence-electron chi connectivity index (χ1n) is 7.23. The zero-order valence-corrected chi connectivity index (χ0v) is 13.5. The van der Waals surface area contributed by atoms with Crippen LogP contribution >= 0.6 is 0 Å². The molecule has 0 aromatic heterocycles. The largest absolute Gasteiger partial charge is 0.459 e. The van der Waals surface area contributed by atoms with Crippen molar-refractivity contribution in [2.45, 2.75) is 32.7 Å². The molecule has 0 aliphatic carbocycles. The van der Waals surface area contributed by atoms with E-state index in [1.54, 1.807) is 20.8 Å². The van der Waals surface area contributed by atoms with Gasteiger partial charge in [0, 0.05) is 5.57 Å². The maximum Gasteiger partial charge on any atom is 0.338 e. The highest BCUT2D eigenvalue weighted by Gasteiger charge is 2.33. The molecule has 1 atom stereocenters. The molecule has 23 heavy (non-hydrogen) atoms. The highest BCUT2D eigenvalue weighted by molar-refractivity contribution is 5.90. The number of carbonyl (C=O) groups excluding carboxylic acids is 2. The second kappa shape index (κ2) is 6.93. The third-order valence-corrected chi connectivity index (χ3v) is 3.12. The van der Waals surface area contributed by atoms with Gasteiger partial charge in [0.1, 0.15) is 18.5 Å². The predicted octanol–water partition coefficient (Wildman–Crippen LogP) is 2.48. The van der Waals surface area contributed by atoms with E-state index < -0.39 is 17.7 Å². The number of hydrogen-bond acceptors (Lipinski definition) is 6. The summed E-state index contributed by atoms with van der Waals surface area (Å²) < 4.78 is 21.2. The number of ether oxygens (including phenoxy) is 4. The van der Waals surface area contributed by atoms with Crippen LogP contribution < -0.4 is 4.74 Å². The Balaban J connectivity index is 1.85. The molecule has 1 aliphatic heterocycles. The standard InChI is InChI=1S/C17H20O6/c1-11(2)15(18)22-13-7-5-12(6-8-13)16(19)20-9-14-10-21-17(3,4)23-14/h5-8,14H,1,9-10H2,2-4H3. The topological polar surface area (TPSA) is 71.1 Å². The highest BCUT2D eigenvalue weighted by atomic mass is 16.7. The normalized spacial score (nSPS) is 19.2. The molecule has 0 N–H and O–H groups in total. The molecule has 1 fully saturated rings. The fraction of sp³-hybridized carbons (Fsp3) is 0.412. The molecule has 124 valence electrons. The van der Waals surface area contributed by atoms with Crippen molar-refractivity contribution < 1.29 is 28.5 Å². The van der Waals surface area contributed by atoms with Gasteiger partial charge in [-0.3, -0.25) is 0 Å². The first-order chi connectivity index (χ1) is 10.8. The maximum absolute atomic E-state index is 12.0. The minimum Gasteiger partial charge on any atom is -0.459 e. The predicted molar refractivity (Wildman–Crippen MR) is 82.1 cm³/mol. The minimum absolute atomic E-state index is 0.120. The van der Waals surface area contributed by atoms with Gasteiger partial charge in [0.25, 0.3) is 0 Å². The summed E-state index contributed by atoms with van der Waals surface area (Å²) in [6.07, 6.45) is -0.273. The fourth-order valence-corrected chi connectivity index (χ4v) is 1.95. The van der Waals surface area contributed by atoms with Gasteiger partial charge in [0.2, 0.25) is 0 Å². The van der Waals surface area contributed by atoms with Gasteiger partial charge in [0.15, 0.2) is 5.79 Å². The molecule has 1 aromatic rings. The Labute approximate surface area is 135 Å². The SMILES string of the molecule is C=C(C)C(=O)Oc1ccc(C(=O)OCC2COC(C)(C)O2)cc1. The summed E-state index contributed by atoms with van der Waals surface area (Å²) in [6, 6.07) is 6.10. The molecule has 0 saturated carbocycles. The van der Waals surface area contributed by atoms with Gasteiger partial charge in [-0.15, -0.1) is 0 Å². The van der Waals surface area contributed by atoms with Crippen LogP contribution in [-0.4, -0.2) is 37.0 Å².